The molecule has 1 aliphatic carbocycles. The van der Waals surface area contributed by atoms with Crippen LogP contribution < -0.4 is 10.2 Å². The summed E-state index contributed by atoms with van der Waals surface area (Å²) in [5.41, 5.74) is 5.73. The van der Waals surface area contributed by atoms with Crippen molar-refractivity contribution in [1.82, 2.24) is 10.2 Å². The molecule has 1 fully saturated rings. The number of fused-ring (bicyclic) bond motifs is 1. The predicted molar refractivity (Wildman–Crippen MR) is 149 cm³/mol. The molecule has 6 rings (SSSR count). The molecule has 0 bridgehead atoms. The fourth-order valence-electron chi connectivity index (χ4n) is 5.26. The molecule has 37 heavy (non-hydrogen) atoms. The molecule has 0 spiro atoms. The van der Waals surface area contributed by atoms with E-state index in [9.17, 15) is 9.18 Å². The van der Waals surface area contributed by atoms with Crippen LogP contribution in [-0.2, 0) is 6.54 Å². The molecule has 3 aromatic carbocycles. The van der Waals surface area contributed by atoms with Crippen LogP contribution in [0.3, 0.4) is 0 Å². The molecular weight excluding hydrogens is 532 g/mol. The van der Waals surface area contributed by atoms with Gasteiger partial charge in [-0.2, -0.15) is 0 Å². The Labute approximate surface area is 230 Å². The van der Waals surface area contributed by atoms with E-state index in [4.69, 9.17) is 34.8 Å². The number of hydrogen-bond donors (Lipinski definition) is 1. The average molecular weight is 557 g/mol. The number of rotatable bonds is 5. The third-order valence-electron chi connectivity index (χ3n) is 7.35. The van der Waals surface area contributed by atoms with Crippen LogP contribution in [-0.4, -0.2) is 30.6 Å². The predicted octanol–water partition coefficient (Wildman–Crippen LogP) is 8.31. The molecule has 3 aromatic rings. The van der Waals surface area contributed by atoms with Crippen molar-refractivity contribution in [1.29, 1.82) is 0 Å². The van der Waals surface area contributed by atoms with Crippen LogP contribution in [0.2, 0.25) is 15.1 Å². The summed E-state index contributed by atoms with van der Waals surface area (Å²) in [7, 11) is 0. The first kappa shape index (κ1) is 24.7. The van der Waals surface area contributed by atoms with Crippen molar-refractivity contribution in [3.63, 3.8) is 0 Å². The number of carbonyl (C=O) groups excluding carboxylic acids is 1. The van der Waals surface area contributed by atoms with Gasteiger partial charge in [-0.25, -0.2) is 9.18 Å². The Kier molecular flexibility index (Phi) is 6.66. The fourth-order valence-corrected chi connectivity index (χ4v) is 6.09. The molecule has 4 nitrogen and oxygen atoms in total. The van der Waals surface area contributed by atoms with E-state index in [0.29, 0.717) is 38.6 Å². The second-order valence-corrected chi connectivity index (χ2v) is 11.1. The summed E-state index contributed by atoms with van der Waals surface area (Å²) in [6.45, 7) is 3.34. The lowest BCUT2D eigenvalue weighted by Gasteiger charge is -2.34. The number of para-hydroxylation sites is 1. The van der Waals surface area contributed by atoms with Crippen molar-refractivity contribution in [3.8, 4) is 11.1 Å². The molecule has 0 radical (unpaired) electrons. The highest BCUT2D eigenvalue weighted by atomic mass is 35.5. The van der Waals surface area contributed by atoms with Gasteiger partial charge in [0, 0.05) is 37.3 Å². The van der Waals surface area contributed by atoms with Gasteiger partial charge in [-0.05, 0) is 84.3 Å². The zero-order valence-electron chi connectivity index (χ0n) is 20.0. The van der Waals surface area contributed by atoms with E-state index >= 15 is 0 Å². The summed E-state index contributed by atoms with van der Waals surface area (Å²) in [4.78, 5) is 17.3. The van der Waals surface area contributed by atoms with E-state index in [-0.39, 0.29) is 6.03 Å². The number of amides is 2. The molecule has 8 heteroatoms. The Morgan fingerprint density at radius 3 is 2.43 bits per heavy atom. The second-order valence-electron chi connectivity index (χ2n) is 9.89. The van der Waals surface area contributed by atoms with E-state index in [2.05, 4.69) is 22.4 Å². The Hall–Kier alpha value is -2.57. The average Bonchev–Trinajstić information content (AvgIpc) is 3.69. The third kappa shape index (κ3) is 4.86. The summed E-state index contributed by atoms with van der Waals surface area (Å²) in [6, 6.07) is 13.4. The van der Waals surface area contributed by atoms with Crippen LogP contribution in [0.4, 0.5) is 20.6 Å². The lowest BCUT2D eigenvalue weighted by atomic mass is 9.89. The minimum atomic E-state index is -0.401. The van der Waals surface area contributed by atoms with E-state index in [0.717, 1.165) is 48.7 Å². The van der Waals surface area contributed by atoms with Gasteiger partial charge in [0.2, 0.25) is 0 Å². The molecule has 3 aliphatic rings. The molecule has 0 atom stereocenters. The number of halogens is 4. The number of benzene rings is 3. The number of anilines is 2. The minimum absolute atomic E-state index is 0.296. The maximum absolute atomic E-state index is 13.9. The van der Waals surface area contributed by atoms with Crippen LogP contribution in [0.15, 0.2) is 54.6 Å². The van der Waals surface area contributed by atoms with Crippen LogP contribution >= 0.6 is 34.8 Å². The zero-order valence-corrected chi connectivity index (χ0v) is 22.3. The lowest BCUT2D eigenvalue weighted by Crippen LogP contribution is -2.41. The molecule has 2 heterocycles. The van der Waals surface area contributed by atoms with Crippen LogP contribution in [0.25, 0.3) is 16.7 Å². The Morgan fingerprint density at radius 2 is 1.76 bits per heavy atom. The molecule has 2 amide bonds. The van der Waals surface area contributed by atoms with Gasteiger partial charge >= 0.3 is 6.03 Å². The van der Waals surface area contributed by atoms with Crippen LogP contribution in [0.5, 0.6) is 0 Å². The second kappa shape index (κ2) is 9.95. The fraction of sp³-hybridized carbons (Fsp3) is 0.276. The zero-order chi connectivity index (χ0) is 25.7. The van der Waals surface area contributed by atoms with E-state index in [1.807, 2.05) is 6.07 Å². The molecule has 0 aromatic heterocycles. The number of hydrogen-bond acceptors (Lipinski definition) is 2. The van der Waals surface area contributed by atoms with Crippen LogP contribution in [0, 0.1) is 11.7 Å². The monoisotopic (exact) mass is 555 g/mol. The van der Waals surface area contributed by atoms with Gasteiger partial charge in [-0.15, -0.1) is 0 Å². The summed E-state index contributed by atoms with van der Waals surface area (Å²) in [6.07, 6.45) is 5.85. The van der Waals surface area contributed by atoms with Crippen molar-refractivity contribution in [2.24, 2.45) is 5.92 Å². The summed E-state index contributed by atoms with van der Waals surface area (Å²) >= 11 is 19.7. The van der Waals surface area contributed by atoms with Crippen molar-refractivity contribution in [3.05, 3.63) is 86.6 Å². The molecule has 190 valence electrons. The van der Waals surface area contributed by atoms with Gasteiger partial charge in [0.25, 0.3) is 0 Å². The van der Waals surface area contributed by atoms with Gasteiger partial charge in [0.1, 0.15) is 5.82 Å². The number of nitrogens with one attached hydrogen (secondary N) is 1. The summed E-state index contributed by atoms with van der Waals surface area (Å²) < 4.78 is 13.9. The highest BCUT2D eigenvalue weighted by Crippen LogP contribution is 2.46. The van der Waals surface area contributed by atoms with Crippen molar-refractivity contribution >= 4 is 57.8 Å². The van der Waals surface area contributed by atoms with Gasteiger partial charge in [-0.3, -0.25) is 9.80 Å². The summed E-state index contributed by atoms with van der Waals surface area (Å²) in [5.74, 6) is 0.445. The first-order chi connectivity index (χ1) is 17.9. The van der Waals surface area contributed by atoms with Crippen LogP contribution in [0.1, 0.15) is 30.4 Å². The van der Waals surface area contributed by atoms with E-state index in [1.165, 1.54) is 35.4 Å². The first-order valence-corrected chi connectivity index (χ1v) is 13.6. The van der Waals surface area contributed by atoms with E-state index in [1.54, 1.807) is 24.3 Å². The SMILES string of the molecule is O=C1NCc2c(-c3ccc(F)cc3Cl)cc(C3=CCN(CC4CC4)CC3)cc2N1c1c(Cl)cccc1Cl. The van der Waals surface area contributed by atoms with Crippen molar-refractivity contribution in [2.75, 3.05) is 24.5 Å². The molecule has 1 N–H and O–H groups in total. The normalized spacial score (nSPS) is 17.9. The van der Waals surface area contributed by atoms with Gasteiger partial charge in [0.15, 0.2) is 0 Å². The van der Waals surface area contributed by atoms with Crippen molar-refractivity contribution in [2.45, 2.75) is 25.8 Å². The smallest absolute Gasteiger partial charge is 0.326 e. The van der Waals surface area contributed by atoms with Crippen molar-refractivity contribution < 1.29 is 9.18 Å². The number of urea groups is 1. The molecule has 1 saturated carbocycles. The Balaban J connectivity index is 1.51. The first-order valence-electron chi connectivity index (χ1n) is 12.4. The maximum atomic E-state index is 13.9. The van der Waals surface area contributed by atoms with Gasteiger partial charge in [0.05, 0.1) is 26.4 Å². The van der Waals surface area contributed by atoms with Gasteiger partial charge in [-0.1, -0.05) is 46.9 Å². The molecule has 2 aliphatic heterocycles. The largest absolute Gasteiger partial charge is 0.333 e. The summed E-state index contributed by atoms with van der Waals surface area (Å²) in [5, 5.41) is 3.99. The highest BCUT2D eigenvalue weighted by molar-refractivity contribution is 6.40. The topological polar surface area (TPSA) is 35.6 Å². The van der Waals surface area contributed by atoms with Gasteiger partial charge < -0.3 is 5.32 Å². The Bertz CT molecular complexity index is 1420. The van der Waals surface area contributed by atoms with E-state index < -0.39 is 5.82 Å². The number of carbonyl (C=O) groups is 1. The molecule has 0 saturated heterocycles. The standard InChI is InChI=1S/C29H25Cl3FN3O/c30-24-2-1-3-25(31)28(24)36-27-13-19(18-8-10-35(11-9-18)16-17-4-5-17)12-22(23(27)15-34-29(36)37)21-7-6-20(33)14-26(21)32/h1-3,6-8,12-14,17H,4-5,9-11,15-16H2,(H,34,37). The molecular formula is C29H25Cl3FN3O. The molecule has 0 unspecified atom stereocenters. The third-order valence-corrected chi connectivity index (χ3v) is 8.27. The maximum Gasteiger partial charge on any atom is 0.326 e. The minimum Gasteiger partial charge on any atom is -0.333 e. The number of nitrogens with zero attached hydrogens (tertiary/aromatic N) is 2. The quantitative estimate of drug-likeness (QED) is 0.343. The lowest BCUT2D eigenvalue weighted by molar-refractivity contribution is 0.247. The Morgan fingerprint density at radius 1 is 0.973 bits per heavy atom. The highest BCUT2D eigenvalue weighted by Gasteiger charge is 2.32.